The lowest BCUT2D eigenvalue weighted by Crippen LogP contribution is -2.27. The van der Waals surface area contributed by atoms with Gasteiger partial charge in [0.1, 0.15) is 6.04 Å². The van der Waals surface area contributed by atoms with Crippen molar-refractivity contribution in [3.05, 3.63) is 35.4 Å². The first-order chi connectivity index (χ1) is 9.10. The van der Waals surface area contributed by atoms with Crippen LogP contribution in [0, 0.1) is 11.3 Å². The number of nitrogens with one attached hydrogen (secondary N) is 1. The van der Waals surface area contributed by atoms with Gasteiger partial charge >= 0.3 is 0 Å². The molecule has 0 saturated carbocycles. The van der Waals surface area contributed by atoms with Crippen LogP contribution < -0.4 is 5.32 Å². The number of nitriles is 1. The van der Waals surface area contributed by atoms with Crippen molar-refractivity contribution in [1.29, 1.82) is 5.26 Å². The molecule has 3 heteroatoms. The van der Waals surface area contributed by atoms with Crippen LogP contribution in [-0.4, -0.2) is 24.0 Å². The van der Waals surface area contributed by atoms with E-state index in [9.17, 15) is 5.26 Å². The molecule has 0 heterocycles. The molecule has 1 aromatic carbocycles. The molecule has 0 spiro atoms. The SMILES string of the molecule is CCN(CC)Cc1ccc(C(C#N)NC(C)C)cc1. The predicted molar refractivity (Wildman–Crippen MR) is 79.7 cm³/mol. The summed E-state index contributed by atoms with van der Waals surface area (Å²) < 4.78 is 0. The smallest absolute Gasteiger partial charge is 0.121 e. The Balaban J connectivity index is 2.72. The van der Waals surface area contributed by atoms with Crippen LogP contribution in [0.3, 0.4) is 0 Å². The Kier molecular flexibility index (Phi) is 6.55. The molecule has 0 radical (unpaired) electrons. The molecule has 0 aliphatic rings. The van der Waals surface area contributed by atoms with E-state index in [2.05, 4.69) is 68.2 Å². The predicted octanol–water partition coefficient (Wildman–Crippen LogP) is 3.09. The third-order valence-electron chi connectivity index (χ3n) is 3.24. The van der Waals surface area contributed by atoms with Crippen LogP contribution in [0.5, 0.6) is 0 Å². The Bertz CT molecular complexity index is 399. The number of benzene rings is 1. The van der Waals surface area contributed by atoms with Gasteiger partial charge in [-0.25, -0.2) is 0 Å². The van der Waals surface area contributed by atoms with Crippen molar-refractivity contribution >= 4 is 0 Å². The quantitative estimate of drug-likeness (QED) is 0.818. The standard InChI is InChI=1S/C16H25N3/c1-5-19(6-2)12-14-7-9-15(10-8-14)16(11-17)18-13(3)4/h7-10,13,16,18H,5-6,12H2,1-4H3. The van der Waals surface area contributed by atoms with Crippen molar-refractivity contribution in [1.82, 2.24) is 10.2 Å². The van der Waals surface area contributed by atoms with E-state index in [4.69, 9.17) is 0 Å². The Morgan fingerprint density at radius 3 is 2.16 bits per heavy atom. The molecular weight excluding hydrogens is 234 g/mol. The van der Waals surface area contributed by atoms with Crippen molar-refractivity contribution in [3.8, 4) is 6.07 Å². The second kappa shape index (κ2) is 7.93. The molecule has 0 amide bonds. The summed E-state index contributed by atoms with van der Waals surface area (Å²) in [5.74, 6) is 0. The molecule has 1 aromatic rings. The molecule has 1 rings (SSSR count). The summed E-state index contributed by atoms with van der Waals surface area (Å²) in [6.45, 7) is 11.6. The van der Waals surface area contributed by atoms with Gasteiger partial charge < -0.3 is 0 Å². The van der Waals surface area contributed by atoms with E-state index in [0.717, 1.165) is 25.2 Å². The molecule has 0 saturated heterocycles. The zero-order chi connectivity index (χ0) is 14.3. The Hall–Kier alpha value is -1.37. The highest BCUT2D eigenvalue weighted by atomic mass is 15.1. The molecule has 1 atom stereocenters. The third kappa shape index (κ3) is 5.02. The van der Waals surface area contributed by atoms with E-state index < -0.39 is 0 Å². The monoisotopic (exact) mass is 259 g/mol. The summed E-state index contributed by atoms with van der Waals surface area (Å²) in [5.41, 5.74) is 2.34. The molecule has 3 nitrogen and oxygen atoms in total. The van der Waals surface area contributed by atoms with Gasteiger partial charge in [-0.1, -0.05) is 38.1 Å². The highest BCUT2D eigenvalue weighted by Gasteiger charge is 2.11. The third-order valence-corrected chi connectivity index (χ3v) is 3.24. The Morgan fingerprint density at radius 1 is 1.16 bits per heavy atom. The summed E-state index contributed by atoms with van der Waals surface area (Å²) in [6, 6.07) is 10.8. The van der Waals surface area contributed by atoms with E-state index in [1.54, 1.807) is 0 Å². The zero-order valence-corrected chi connectivity index (χ0v) is 12.5. The van der Waals surface area contributed by atoms with E-state index >= 15 is 0 Å². The molecule has 0 aliphatic heterocycles. The summed E-state index contributed by atoms with van der Waals surface area (Å²) in [4.78, 5) is 2.38. The van der Waals surface area contributed by atoms with Crippen LogP contribution in [0.25, 0.3) is 0 Å². The van der Waals surface area contributed by atoms with Crippen LogP contribution >= 0.6 is 0 Å². The largest absolute Gasteiger partial charge is 0.300 e. The Labute approximate surface area is 117 Å². The second-order valence-corrected chi connectivity index (χ2v) is 5.09. The van der Waals surface area contributed by atoms with Gasteiger partial charge in [-0.15, -0.1) is 0 Å². The van der Waals surface area contributed by atoms with Crippen LogP contribution in [0.15, 0.2) is 24.3 Å². The van der Waals surface area contributed by atoms with Gasteiger partial charge in [-0.2, -0.15) is 5.26 Å². The maximum Gasteiger partial charge on any atom is 0.121 e. The maximum atomic E-state index is 9.20. The molecule has 19 heavy (non-hydrogen) atoms. The van der Waals surface area contributed by atoms with Gasteiger partial charge in [0.25, 0.3) is 0 Å². The lowest BCUT2D eigenvalue weighted by molar-refractivity contribution is 0.296. The maximum absolute atomic E-state index is 9.20. The lowest BCUT2D eigenvalue weighted by Gasteiger charge is -2.19. The van der Waals surface area contributed by atoms with E-state index in [1.807, 2.05) is 0 Å². The molecule has 1 N–H and O–H groups in total. The second-order valence-electron chi connectivity index (χ2n) is 5.09. The molecule has 0 fully saturated rings. The minimum atomic E-state index is -0.220. The number of nitrogens with zero attached hydrogens (tertiary/aromatic N) is 2. The number of hydrogen-bond acceptors (Lipinski definition) is 3. The number of rotatable bonds is 7. The number of hydrogen-bond donors (Lipinski definition) is 1. The summed E-state index contributed by atoms with van der Waals surface area (Å²) in [6.07, 6.45) is 0. The topological polar surface area (TPSA) is 39.1 Å². The van der Waals surface area contributed by atoms with Crippen LogP contribution in [-0.2, 0) is 6.54 Å². The molecule has 1 unspecified atom stereocenters. The van der Waals surface area contributed by atoms with Crippen LogP contribution in [0.1, 0.15) is 44.9 Å². The highest BCUT2D eigenvalue weighted by Crippen LogP contribution is 2.15. The normalized spacial score (nSPS) is 12.7. The van der Waals surface area contributed by atoms with Crippen molar-refractivity contribution in [2.45, 2.75) is 46.3 Å². The zero-order valence-electron chi connectivity index (χ0n) is 12.5. The van der Waals surface area contributed by atoms with Crippen LogP contribution in [0.4, 0.5) is 0 Å². The summed E-state index contributed by atoms with van der Waals surface area (Å²) >= 11 is 0. The highest BCUT2D eigenvalue weighted by molar-refractivity contribution is 5.28. The molecule has 0 bridgehead atoms. The van der Waals surface area contributed by atoms with E-state index in [0.29, 0.717) is 6.04 Å². The molecule has 104 valence electrons. The first-order valence-corrected chi connectivity index (χ1v) is 7.07. The van der Waals surface area contributed by atoms with Gasteiger partial charge in [-0.05, 0) is 38.1 Å². The van der Waals surface area contributed by atoms with Gasteiger partial charge in [0, 0.05) is 12.6 Å². The first kappa shape index (κ1) is 15.7. The molecular formula is C16H25N3. The van der Waals surface area contributed by atoms with E-state index in [1.165, 1.54) is 5.56 Å². The fourth-order valence-electron chi connectivity index (χ4n) is 2.06. The average Bonchev–Trinajstić information content (AvgIpc) is 2.42. The van der Waals surface area contributed by atoms with Crippen LogP contribution in [0.2, 0.25) is 0 Å². The Morgan fingerprint density at radius 2 is 1.74 bits per heavy atom. The van der Waals surface area contributed by atoms with Gasteiger partial charge in [0.15, 0.2) is 0 Å². The summed E-state index contributed by atoms with van der Waals surface area (Å²) in [5, 5.41) is 12.5. The van der Waals surface area contributed by atoms with E-state index in [-0.39, 0.29) is 6.04 Å². The van der Waals surface area contributed by atoms with Gasteiger partial charge in [-0.3, -0.25) is 10.2 Å². The molecule has 0 aromatic heterocycles. The average molecular weight is 259 g/mol. The van der Waals surface area contributed by atoms with Gasteiger partial charge in [0.05, 0.1) is 6.07 Å². The van der Waals surface area contributed by atoms with Crippen molar-refractivity contribution in [2.75, 3.05) is 13.1 Å². The van der Waals surface area contributed by atoms with Gasteiger partial charge in [0.2, 0.25) is 0 Å². The minimum Gasteiger partial charge on any atom is -0.300 e. The lowest BCUT2D eigenvalue weighted by atomic mass is 10.0. The van der Waals surface area contributed by atoms with Crippen molar-refractivity contribution in [3.63, 3.8) is 0 Å². The fourth-order valence-corrected chi connectivity index (χ4v) is 2.06. The fraction of sp³-hybridized carbons (Fsp3) is 0.562. The van der Waals surface area contributed by atoms with Crippen molar-refractivity contribution in [2.24, 2.45) is 0 Å². The molecule has 0 aliphatic carbocycles. The van der Waals surface area contributed by atoms with Crippen molar-refractivity contribution < 1.29 is 0 Å². The first-order valence-electron chi connectivity index (χ1n) is 7.07. The minimum absolute atomic E-state index is 0.220. The summed E-state index contributed by atoms with van der Waals surface area (Å²) in [7, 11) is 0.